The van der Waals surface area contributed by atoms with E-state index in [1.165, 1.54) is 6.21 Å². The molecule has 2 fully saturated rings. The Morgan fingerprint density at radius 1 is 1.45 bits per heavy atom. The molecule has 2 saturated heterocycles. The molecule has 1 unspecified atom stereocenters. The van der Waals surface area contributed by atoms with E-state index in [0.29, 0.717) is 30.5 Å². The molecule has 4 N–H and O–H groups in total. The fourth-order valence-electron chi connectivity index (χ4n) is 3.71. The molecule has 2 atom stereocenters. The van der Waals surface area contributed by atoms with Crippen LogP contribution in [-0.2, 0) is 4.74 Å². The fraction of sp³-hybridized carbons (Fsp3) is 0.476. The molecule has 8 heteroatoms. The number of hydrogen-bond donors (Lipinski definition) is 4. The number of aromatic nitrogens is 3. The van der Waals surface area contributed by atoms with Crippen LogP contribution in [0.2, 0.25) is 0 Å². The number of nitrogens with one attached hydrogen (secondary N) is 4. The summed E-state index contributed by atoms with van der Waals surface area (Å²) >= 11 is 0. The molecule has 0 aromatic carbocycles. The maximum atomic E-state index is 7.99. The second-order valence-corrected chi connectivity index (χ2v) is 7.46. The number of nitrogens with zero attached hydrogens (tertiary/aromatic N) is 3. The minimum absolute atomic E-state index is 0.227. The van der Waals surface area contributed by atoms with Gasteiger partial charge in [0.1, 0.15) is 17.5 Å². The second kappa shape index (κ2) is 9.07. The van der Waals surface area contributed by atoms with Crippen molar-refractivity contribution < 1.29 is 4.74 Å². The summed E-state index contributed by atoms with van der Waals surface area (Å²) in [4.78, 5) is 7.07. The van der Waals surface area contributed by atoms with E-state index >= 15 is 0 Å². The molecular weight excluding hydrogens is 366 g/mol. The number of rotatable bonds is 4. The first-order valence-corrected chi connectivity index (χ1v) is 10.1. The zero-order valence-corrected chi connectivity index (χ0v) is 16.7. The molecular formula is C21H27N7O. The Morgan fingerprint density at radius 3 is 3.10 bits per heavy atom. The molecule has 0 radical (unpaired) electrons. The van der Waals surface area contributed by atoms with Crippen LogP contribution in [0.5, 0.6) is 0 Å². The molecule has 0 aliphatic carbocycles. The highest BCUT2D eigenvalue weighted by Gasteiger charge is 2.22. The first-order chi connectivity index (χ1) is 14.2. The molecule has 2 aliphatic rings. The first kappa shape index (κ1) is 19.4. The van der Waals surface area contributed by atoms with Gasteiger partial charge in [-0.15, -0.1) is 0 Å². The van der Waals surface area contributed by atoms with Gasteiger partial charge in [-0.05, 0) is 32.4 Å². The Balaban J connectivity index is 1.73. The van der Waals surface area contributed by atoms with E-state index in [4.69, 9.17) is 15.1 Å². The predicted octanol–water partition coefficient (Wildman–Crippen LogP) is 2.12. The molecule has 2 aromatic heterocycles. The number of hydrogen-bond acceptors (Lipinski definition) is 7. The summed E-state index contributed by atoms with van der Waals surface area (Å²) in [7, 11) is 0. The highest BCUT2D eigenvalue weighted by Crippen LogP contribution is 2.27. The predicted molar refractivity (Wildman–Crippen MR) is 114 cm³/mol. The third kappa shape index (κ3) is 4.58. The maximum absolute atomic E-state index is 7.99. The molecule has 0 amide bonds. The van der Waals surface area contributed by atoms with Gasteiger partial charge in [-0.3, -0.25) is 5.10 Å². The summed E-state index contributed by atoms with van der Waals surface area (Å²) in [6.45, 7) is 6.25. The standard InChI is InChI=1S/C21H27N7O/c1-15-14-29-10-9-28(15)20-11-17(5-4-16-3-2-7-23-13-16)18(12-22)21(26-20)25-19-6-8-24-27-19/h6,8,11-12,15-16,22-23H,2-3,7,9-10,13-14H2,1H3,(H2,24,25,26,27)/t15-,16?/m1/s1. The van der Waals surface area contributed by atoms with E-state index in [9.17, 15) is 0 Å². The summed E-state index contributed by atoms with van der Waals surface area (Å²) in [5.74, 6) is 9.26. The van der Waals surface area contributed by atoms with Gasteiger partial charge in [0.05, 0.1) is 31.0 Å². The van der Waals surface area contributed by atoms with Crippen molar-refractivity contribution in [1.29, 1.82) is 5.41 Å². The van der Waals surface area contributed by atoms with Crippen molar-refractivity contribution in [2.45, 2.75) is 25.8 Å². The number of anilines is 3. The van der Waals surface area contributed by atoms with Gasteiger partial charge in [-0.1, -0.05) is 11.8 Å². The minimum atomic E-state index is 0.227. The molecule has 0 bridgehead atoms. The maximum Gasteiger partial charge on any atom is 0.144 e. The van der Waals surface area contributed by atoms with Crippen molar-refractivity contribution >= 4 is 23.7 Å². The zero-order valence-electron chi connectivity index (χ0n) is 16.7. The Bertz CT molecular complexity index is 894. The molecule has 2 aliphatic heterocycles. The van der Waals surface area contributed by atoms with Crippen LogP contribution in [0.3, 0.4) is 0 Å². The van der Waals surface area contributed by atoms with Crippen LogP contribution in [0.15, 0.2) is 18.3 Å². The Morgan fingerprint density at radius 2 is 2.38 bits per heavy atom. The Hall–Kier alpha value is -2.89. The SMILES string of the molecule is C[C@@H]1COCCN1c1cc(C#CC2CCCNC2)c(C=N)c(Nc2ccn[nH]2)n1. The Labute approximate surface area is 170 Å². The van der Waals surface area contributed by atoms with Gasteiger partial charge in [0.15, 0.2) is 0 Å². The number of piperidine rings is 1. The lowest BCUT2D eigenvalue weighted by Crippen LogP contribution is -2.44. The fourth-order valence-corrected chi connectivity index (χ4v) is 3.71. The summed E-state index contributed by atoms with van der Waals surface area (Å²) < 4.78 is 5.58. The third-order valence-corrected chi connectivity index (χ3v) is 5.31. The van der Waals surface area contributed by atoms with E-state index in [2.05, 4.69) is 44.5 Å². The zero-order chi connectivity index (χ0) is 20.1. The second-order valence-electron chi connectivity index (χ2n) is 7.46. The van der Waals surface area contributed by atoms with Crippen LogP contribution < -0.4 is 15.5 Å². The first-order valence-electron chi connectivity index (χ1n) is 10.1. The molecule has 0 spiro atoms. The lowest BCUT2D eigenvalue weighted by atomic mass is 9.99. The number of morpholine rings is 1. The smallest absolute Gasteiger partial charge is 0.144 e. The largest absolute Gasteiger partial charge is 0.377 e. The van der Waals surface area contributed by atoms with E-state index in [1.807, 2.05) is 12.1 Å². The van der Waals surface area contributed by atoms with Gasteiger partial charge < -0.3 is 25.7 Å². The third-order valence-electron chi connectivity index (χ3n) is 5.31. The summed E-state index contributed by atoms with van der Waals surface area (Å²) in [5, 5.41) is 21.5. The van der Waals surface area contributed by atoms with Crippen LogP contribution in [0.4, 0.5) is 17.5 Å². The van der Waals surface area contributed by atoms with Crippen LogP contribution in [0, 0.1) is 23.2 Å². The molecule has 2 aromatic rings. The number of ether oxygens (including phenoxy) is 1. The molecule has 4 rings (SSSR count). The van der Waals surface area contributed by atoms with Gasteiger partial charge in [0.2, 0.25) is 0 Å². The monoisotopic (exact) mass is 393 g/mol. The molecule has 29 heavy (non-hydrogen) atoms. The number of pyridine rings is 1. The van der Waals surface area contributed by atoms with Crippen molar-refractivity contribution in [1.82, 2.24) is 20.5 Å². The van der Waals surface area contributed by atoms with Crippen LogP contribution in [-0.4, -0.2) is 60.3 Å². The van der Waals surface area contributed by atoms with E-state index in [0.717, 1.165) is 49.7 Å². The minimum Gasteiger partial charge on any atom is -0.377 e. The topological polar surface area (TPSA) is 102 Å². The van der Waals surface area contributed by atoms with Gasteiger partial charge >= 0.3 is 0 Å². The van der Waals surface area contributed by atoms with Crippen molar-refractivity contribution in [3.05, 3.63) is 29.5 Å². The lowest BCUT2D eigenvalue weighted by Gasteiger charge is -2.34. The van der Waals surface area contributed by atoms with Crippen LogP contribution in [0.25, 0.3) is 0 Å². The molecule has 8 nitrogen and oxygen atoms in total. The molecule has 0 saturated carbocycles. The van der Waals surface area contributed by atoms with Gasteiger partial charge in [-0.25, -0.2) is 4.98 Å². The number of aromatic amines is 1. The Kier molecular flexibility index (Phi) is 6.08. The normalized spacial score (nSPS) is 21.9. The summed E-state index contributed by atoms with van der Waals surface area (Å²) in [6, 6.07) is 4.06. The van der Waals surface area contributed by atoms with Crippen LogP contribution in [0.1, 0.15) is 30.9 Å². The average molecular weight is 393 g/mol. The number of H-pyrrole nitrogens is 1. The van der Waals surface area contributed by atoms with E-state index in [1.54, 1.807) is 6.20 Å². The summed E-state index contributed by atoms with van der Waals surface area (Å²) in [5.41, 5.74) is 1.50. The molecule has 4 heterocycles. The van der Waals surface area contributed by atoms with E-state index < -0.39 is 0 Å². The highest BCUT2D eigenvalue weighted by molar-refractivity contribution is 5.90. The average Bonchev–Trinajstić information content (AvgIpc) is 3.26. The molecule has 152 valence electrons. The van der Waals surface area contributed by atoms with E-state index in [-0.39, 0.29) is 6.04 Å². The van der Waals surface area contributed by atoms with Gasteiger partial charge in [-0.2, -0.15) is 5.10 Å². The lowest BCUT2D eigenvalue weighted by molar-refractivity contribution is 0.0985. The van der Waals surface area contributed by atoms with Crippen molar-refractivity contribution in [3.63, 3.8) is 0 Å². The highest BCUT2D eigenvalue weighted by atomic mass is 16.5. The van der Waals surface area contributed by atoms with Gasteiger partial charge in [0, 0.05) is 36.9 Å². The van der Waals surface area contributed by atoms with Gasteiger partial charge in [0.25, 0.3) is 0 Å². The van der Waals surface area contributed by atoms with Crippen molar-refractivity contribution in [2.75, 3.05) is 43.1 Å². The van der Waals surface area contributed by atoms with Crippen molar-refractivity contribution in [2.24, 2.45) is 5.92 Å². The van der Waals surface area contributed by atoms with Crippen LogP contribution >= 0.6 is 0 Å². The summed E-state index contributed by atoms with van der Waals surface area (Å²) in [6.07, 6.45) is 5.26. The van der Waals surface area contributed by atoms with Crippen molar-refractivity contribution in [3.8, 4) is 11.8 Å². The quantitative estimate of drug-likeness (QED) is 0.469.